The van der Waals surface area contributed by atoms with Gasteiger partial charge in [0.05, 0.1) is 40.1 Å². The summed E-state index contributed by atoms with van der Waals surface area (Å²) in [4.78, 5) is 33.3. The minimum Gasteiger partial charge on any atom is -0.308 e. The van der Waals surface area contributed by atoms with Gasteiger partial charge in [-0.2, -0.15) is 0 Å². The van der Waals surface area contributed by atoms with Gasteiger partial charge in [-0.25, -0.2) is 9.74 Å². The van der Waals surface area contributed by atoms with E-state index in [9.17, 15) is 9.59 Å². The van der Waals surface area contributed by atoms with E-state index in [1.807, 2.05) is 110 Å². The van der Waals surface area contributed by atoms with Crippen molar-refractivity contribution in [1.29, 1.82) is 0 Å². The lowest BCUT2D eigenvalue weighted by molar-refractivity contribution is 0.0926. The fourth-order valence-corrected chi connectivity index (χ4v) is 6.64. The molecule has 0 atom stereocenters. The van der Waals surface area contributed by atoms with Gasteiger partial charge in [-0.1, -0.05) is 103 Å². The van der Waals surface area contributed by atoms with Crippen LogP contribution in [0.15, 0.2) is 133 Å². The summed E-state index contributed by atoms with van der Waals surface area (Å²) in [6.45, 7) is 9.39. The number of nitrogens with zero attached hydrogens (tertiary/aromatic N) is 3. The van der Waals surface area contributed by atoms with Crippen molar-refractivity contribution in [3.8, 4) is 27.9 Å². The molecule has 0 saturated heterocycles. The van der Waals surface area contributed by atoms with Gasteiger partial charge in [0.25, 0.3) is 11.8 Å². The van der Waals surface area contributed by atoms with Gasteiger partial charge in [-0.15, -0.1) is 0 Å². The van der Waals surface area contributed by atoms with Crippen LogP contribution in [0.1, 0.15) is 26.3 Å². The van der Waals surface area contributed by atoms with Crippen LogP contribution in [-0.4, -0.2) is 16.4 Å². The molecule has 2 heterocycles. The lowest BCUT2D eigenvalue weighted by Crippen LogP contribution is -2.30. The summed E-state index contributed by atoms with van der Waals surface area (Å²) in [7, 11) is 0. The van der Waals surface area contributed by atoms with Crippen LogP contribution < -0.4 is 4.90 Å². The van der Waals surface area contributed by atoms with E-state index >= 15 is 0 Å². The molecule has 0 bridgehead atoms. The van der Waals surface area contributed by atoms with E-state index in [1.54, 1.807) is 6.07 Å². The van der Waals surface area contributed by atoms with Crippen molar-refractivity contribution in [2.24, 2.45) is 0 Å². The number of para-hydroxylation sites is 2. The van der Waals surface area contributed by atoms with Crippen molar-refractivity contribution < 1.29 is 9.59 Å². The van der Waals surface area contributed by atoms with Gasteiger partial charge in [0.2, 0.25) is 0 Å². The van der Waals surface area contributed by atoms with E-state index in [2.05, 4.69) is 33.7 Å². The average Bonchev–Trinajstić information content (AvgIpc) is 3.55. The Balaban J connectivity index is 1.32. The normalized spacial score (nSPS) is 12.6. The highest BCUT2D eigenvalue weighted by molar-refractivity contribution is 6.36. The molecular formula is C40H25N3O2. The topological polar surface area (TPSA) is 46.7 Å². The Kier molecular flexibility index (Phi) is 5.97. The van der Waals surface area contributed by atoms with Crippen LogP contribution in [0.3, 0.4) is 0 Å². The molecule has 0 fully saturated rings. The first-order valence-electron chi connectivity index (χ1n) is 14.7. The molecule has 1 aromatic heterocycles. The Hall–Kier alpha value is -6.25. The van der Waals surface area contributed by atoms with Crippen molar-refractivity contribution >= 4 is 45.0 Å². The minimum absolute atomic E-state index is 0.332. The van der Waals surface area contributed by atoms with E-state index in [4.69, 9.17) is 6.57 Å². The van der Waals surface area contributed by atoms with Gasteiger partial charge in [-0.05, 0) is 60.0 Å². The third-order valence-electron chi connectivity index (χ3n) is 8.69. The summed E-state index contributed by atoms with van der Waals surface area (Å²) in [6.07, 6.45) is 0. The number of fused-ring (bicyclic) bond motifs is 4. The second-order valence-corrected chi connectivity index (χ2v) is 11.2. The van der Waals surface area contributed by atoms with Crippen molar-refractivity contribution in [3.05, 3.63) is 162 Å². The minimum atomic E-state index is -0.341. The predicted octanol–water partition coefficient (Wildman–Crippen LogP) is 9.78. The first-order valence-corrected chi connectivity index (χ1v) is 14.7. The molecule has 5 heteroatoms. The third kappa shape index (κ3) is 4.01. The van der Waals surface area contributed by atoms with E-state index < -0.39 is 0 Å². The molecule has 1 aliphatic heterocycles. The van der Waals surface area contributed by atoms with Crippen molar-refractivity contribution in [3.63, 3.8) is 0 Å². The SMILES string of the molecule is [C-]#[N+]c1ccc(-c2ccc3c(c2)c2ccccc2n3-c2cccc3c2C(=O)N(c2ccccc2-c2ccccc2)C3=O)c(C)c1. The molecule has 5 nitrogen and oxygen atoms in total. The number of benzene rings is 6. The van der Waals surface area contributed by atoms with Crippen LogP contribution >= 0.6 is 0 Å². The second-order valence-electron chi connectivity index (χ2n) is 11.2. The van der Waals surface area contributed by atoms with Gasteiger partial charge in [0.1, 0.15) is 0 Å². The van der Waals surface area contributed by atoms with Crippen LogP contribution in [0.4, 0.5) is 11.4 Å². The lowest BCUT2D eigenvalue weighted by Gasteiger charge is -2.18. The highest BCUT2D eigenvalue weighted by Crippen LogP contribution is 2.41. The number of aromatic nitrogens is 1. The Morgan fingerprint density at radius 1 is 0.556 bits per heavy atom. The molecule has 6 aromatic carbocycles. The Labute approximate surface area is 260 Å². The van der Waals surface area contributed by atoms with Crippen LogP contribution in [-0.2, 0) is 0 Å². The summed E-state index contributed by atoms with van der Waals surface area (Å²) < 4.78 is 2.10. The molecule has 0 radical (unpaired) electrons. The molecule has 7 aromatic rings. The van der Waals surface area contributed by atoms with Gasteiger partial charge < -0.3 is 4.57 Å². The average molecular weight is 580 g/mol. The van der Waals surface area contributed by atoms with Crippen LogP contribution in [0.5, 0.6) is 0 Å². The maximum atomic E-state index is 14.4. The zero-order valence-corrected chi connectivity index (χ0v) is 24.4. The van der Waals surface area contributed by atoms with Crippen LogP contribution in [0.25, 0.3) is 54.6 Å². The number of amides is 2. The molecule has 45 heavy (non-hydrogen) atoms. The highest BCUT2D eigenvalue weighted by Gasteiger charge is 2.40. The zero-order chi connectivity index (χ0) is 30.7. The van der Waals surface area contributed by atoms with E-state index in [0.717, 1.165) is 49.6 Å². The molecule has 0 N–H and O–H groups in total. The number of carbonyl (C=O) groups is 2. The number of hydrogen-bond donors (Lipinski definition) is 0. The smallest absolute Gasteiger partial charge is 0.268 e. The summed E-state index contributed by atoms with van der Waals surface area (Å²) in [5.41, 5.74) is 9.41. The number of rotatable bonds is 4. The largest absolute Gasteiger partial charge is 0.308 e. The maximum absolute atomic E-state index is 14.4. The fourth-order valence-electron chi connectivity index (χ4n) is 6.64. The number of carbonyl (C=O) groups excluding carboxylic acids is 2. The predicted molar refractivity (Wildman–Crippen MR) is 180 cm³/mol. The molecule has 212 valence electrons. The van der Waals surface area contributed by atoms with Gasteiger partial charge in [-0.3, -0.25) is 9.59 Å². The van der Waals surface area contributed by atoms with Crippen molar-refractivity contribution in [1.82, 2.24) is 4.57 Å². The Morgan fingerprint density at radius 3 is 2.09 bits per heavy atom. The number of aryl methyl sites for hydroxylation is 1. The fraction of sp³-hybridized carbons (Fsp3) is 0.0250. The Bertz CT molecular complexity index is 2400. The first kappa shape index (κ1) is 26.4. The quantitative estimate of drug-likeness (QED) is 0.154. The summed E-state index contributed by atoms with van der Waals surface area (Å²) in [6, 6.07) is 43.1. The molecule has 0 unspecified atom stereocenters. The Morgan fingerprint density at radius 2 is 1.27 bits per heavy atom. The molecule has 1 aliphatic rings. The molecule has 0 saturated carbocycles. The summed E-state index contributed by atoms with van der Waals surface area (Å²) >= 11 is 0. The number of anilines is 1. The monoisotopic (exact) mass is 579 g/mol. The first-order chi connectivity index (χ1) is 22.0. The molecule has 0 aliphatic carbocycles. The van der Waals surface area contributed by atoms with E-state index in [0.29, 0.717) is 28.2 Å². The molecule has 0 spiro atoms. The van der Waals surface area contributed by atoms with Gasteiger partial charge in [0.15, 0.2) is 5.69 Å². The lowest BCUT2D eigenvalue weighted by atomic mass is 9.98. The number of hydrogen-bond acceptors (Lipinski definition) is 2. The van der Waals surface area contributed by atoms with E-state index in [-0.39, 0.29) is 11.8 Å². The van der Waals surface area contributed by atoms with Crippen LogP contribution in [0.2, 0.25) is 0 Å². The van der Waals surface area contributed by atoms with Gasteiger partial charge >= 0.3 is 0 Å². The molecule has 8 rings (SSSR count). The van der Waals surface area contributed by atoms with E-state index in [1.165, 1.54) is 4.90 Å². The highest BCUT2D eigenvalue weighted by atomic mass is 16.2. The molecule has 2 amide bonds. The van der Waals surface area contributed by atoms with Crippen molar-refractivity contribution in [2.75, 3.05) is 4.90 Å². The second kappa shape index (κ2) is 10.2. The standard InChI is InChI=1S/C40H25N3O2/c1-25-23-28(41-2)20-21-29(25)27-19-22-36-33(24-27)31-14-7-9-17-35(31)42(36)37-18-10-15-32-38(37)40(45)43(39(32)44)34-16-8-6-13-30(34)26-11-4-3-5-12-26/h3-24H,1H3. The third-order valence-corrected chi connectivity index (χ3v) is 8.69. The van der Waals surface area contributed by atoms with Gasteiger partial charge in [0, 0.05) is 16.3 Å². The van der Waals surface area contributed by atoms with Crippen molar-refractivity contribution in [2.45, 2.75) is 6.92 Å². The zero-order valence-electron chi connectivity index (χ0n) is 24.4. The summed E-state index contributed by atoms with van der Waals surface area (Å²) in [5, 5.41) is 2.09. The summed E-state index contributed by atoms with van der Waals surface area (Å²) in [5.74, 6) is -0.673. The maximum Gasteiger partial charge on any atom is 0.268 e. The van der Waals surface area contributed by atoms with Crippen LogP contribution in [0, 0.1) is 13.5 Å². The number of imide groups is 1. The molecular weight excluding hydrogens is 554 g/mol.